The molecule has 0 bridgehead atoms. The summed E-state index contributed by atoms with van der Waals surface area (Å²) in [6.07, 6.45) is 1.38. The first-order valence-corrected chi connectivity index (χ1v) is 4.05. The van der Waals surface area contributed by atoms with Crippen molar-refractivity contribution in [3.8, 4) is 0 Å². The number of furan rings is 1. The molecular weight excluding hydrogens is 164 g/mol. The zero-order chi connectivity index (χ0) is 7.84. The summed E-state index contributed by atoms with van der Waals surface area (Å²) in [5.74, 6) is 0.963. The second-order valence-corrected chi connectivity index (χ2v) is 3.12. The monoisotopic (exact) mass is 170 g/mol. The van der Waals surface area contributed by atoms with Crippen LogP contribution in [0.5, 0.6) is 0 Å². The number of hydrogen-bond donors (Lipinski definition) is 2. The van der Waals surface area contributed by atoms with Crippen LogP contribution in [0.3, 0.4) is 0 Å². The van der Waals surface area contributed by atoms with Crippen LogP contribution in [0, 0.1) is 0 Å². The molecule has 1 aromatic rings. The third-order valence-corrected chi connectivity index (χ3v) is 2.44. The average Bonchev–Trinajstić information content (AvgIpc) is 2.41. The Morgan fingerprint density at radius 3 is 3.36 bits per heavy atom. The van der Waals surface area contributed by atoms with E-state index in [1.165, 1.54) is 18.0 Å². The summed E-state index contributed by atoms with van der Waals surface area (Å²) >= 11 is 1.52. The third kappa shape index (κ3) is 0.883. The number of carbonyl (C=O) groups excluding carboxylic acids is 1. The molecule has 1 aliphatic rings. The van der Waals surface area contributed by atoms with Gasteiger partial charge in [-0.1, -0.05) is 11.8 Å². The van der Waals surface area contributed by atoms with Crippen LogP contribution < -0.4 is 11.1 Å². The second kappa shape index (κ2) is 2.20. The van der Waals surface area contributed by atoms with E-state index >= 15 is 0 Å². The number of fused-ring (bicyclic) bond motifs is 1. The van der Waals surface area contributed by atoms with Crippen LogP contribution >= 0.6 is 11.8 Å². The summed E-state index contributed by atoms with van der Waals surface area (Å²) < 4.78 is 5.04. The van der Waals surface area contributed by atoms with E-state index in [0.29, 0.717) is 11.4 Å². The maximum absolute atomic E-state index is 10.7. The fourth-order valence-corrected chi connectivity index (χ4v) is 1.86. The molecule has 0 radical (unpaired) electrons. The Bertz CT molecular complexity index is 308. The van der Waals surface area contributed by atoms with Crippen LogP contribution in [-0.2, 0) is 0 Å². The summed E-state index contributed by atoms with van der Waals surface area (Å²) in [7, 11) is 0. The molecule has 0 aliphatic carbocycles. The first kappa shape index (κ1) is 6.60. The van der Waals surface area contributed by atoms with E-state index in [-0.39, 0.29) is 0 Å². The van der Waals surface area contributed by atoms with Crippen molar-refractivity contribution in [3.63, 3.8) is 0 Å². The number of hydrogen-bond acceptors (Lipinski definition) is 4. The van der Waals surface area contributed by atoms with E-state index in [0.717, 1.165) is 10.8 Å². The topological polar surface area (TPSA) is 68.3 Å². The summed E-state index contributed by atoms with van der Waals surface area (Å²) in [6.45, 7) is 0. The quantitative estimate of drug-likeness (QED) is 0.655. The molecule has 0 atom stereocenters. The van der Waals surface area contributed by atoms with Crippen LogP contribution in [0.1, 0.15) is 10.4 Å². The Hall–Kier alpha value is -1.10. The SMILES string of the molecule is NC(=O)c1coc2c1SCN2. The first-order chi connectivity index (χ1) is 5.29. The number of nitrogens with two attached hydrogens (primary N) is 1. The van der Waals surface area contributed by atoms with Crippen molar-refractivity contribution >= 4 is 23.6 Å². The Morgan fingerprint density at radius 2 is 2.64 bits per heavy atom. The minimum atomic E-state index is -0.439. The molecule has 3 N–H and O–H groups in total. The average molecular weight is 170 g/mol. The Kier molecular flexibility index (Phi) is 1.32. The van der Waals surface area contributed by atoms with Crippen LogP contribution in [-0.4, -0.2) is 11.8 Å². The van der Waals surface area contributed by atoms with Gasteiger partial charge in [-0.15, -0.1) is 0 Å². The van der Waals surface area contributed by atoms with Crippen molar-refractivity contribution in [3.05, 3.63) is 11.8 Å². The molecule has 0 aromatic carbocycles. The predicted molar refractivity (Wildman–Crippen MR) is 41.6 cm³/mol. The molecule has 0 fully saturated rings. The molecule has 2 rings (SSSR count). The number of thioether (sulfide) groups is 1. The molecule has 0 saturated heterocycles. The van der Waals surface area contributed by atoms with E-state index in [4.69, 9.17) is 10.2 Å². The molecule has 1 amide bonds. The molecule has 2 heterocycles. The van der Waals surface area contributed by atoms with Crippen molar-refractivity contribution in [1.29, 1.82) is 0 Å². The summed E-state index contributed by atoms with van der Waals surface area (Å²) in [5, 5.41) is 2.96. The molecular formula is C6H6N2O2S. The molecule has 0 unspecified atom stereocenters. The zero-order valence-corrected chi connectivity index (χ0v) is 6.40. The van der Waals surface area contributed by atoms with E-state index in [1.54, 1.807) is 0 Å². The van der Waals surface area contributed by atoms with Crippen molar-refractivity contribution in [2.45, 2.75) is 4.90 Å². The van der Waals surface area contributed by atoms with Crippen molar-refractivity contribution in [1.82, 2.24) is 0 Å². The molecule has 1 aliphatic heterocycles. The van der Waals surface area contributed by atoms with Gasteiger partial charge in [0.1, 0.15) is 6.26 Å². The van der Waals surface area contributed by atoms with Crippen molar-refractivity contribution in [2.75, 3.05) is 11.2 Å². The highest BCUT2D eigenvalue weighted by Crippen LogP contribution is 2.37. The van der Waals surface area contributed by atoms with Gasteiger partial charge in [0.05, 0.1) is 16.3 Å². The predicted octanol–water partition coefficient (Wildman–Crippen LogP) is 0.854. The summed E-state index contributed by atoms with van der Waals surface area (Å²) in [6, 6.07) is 0. The normalized spacial score (nSPS) is 14.2. The third-order valence-electron chi connectivity index (χ3n) is 1.46. The van der Waals surface area contributed by atoms with Crippen molar-refractivity contribution in [2.24, 2.45) is 5.73 Å². The Morgan fingerprint density at radius 1 is 1.82 bits per heavy atom. The van der Waals surface area contributed by atoms with E-state index in [9.17, 15) is 4.79 Å². The van der Waals surface area contributed by atoms with Gasteiger partial charge < -0.3 is 15.5 Å². The molecule has 0 saturated carbocycles. The van der Waals surface area contributed by atoms with Crippen LogP contribution in [0.2, 0.25) is 0 Å². The fourth-order valence-electron chi connectivity index (χ4n) is 0.956. The molecule has 4 nitrogen and oxygen atoms in total. The van der Waals surface area contributed by atoms with Crippen molar-refractivity contribution < 1.29 is 9.21 Å². The second-order valence-electron chi connectivity index (χ2n) is 2.14. The molecule has 11 heavy (non-hydrogen) atoms. The maximum atomic E-state index is 10.7. The van der Waals surface area contributed by atoms with Gasteiger partial charge in [-0.3, -0.25) is 4.79 Å². The van der Waals surface area contributed by atoms with Gasteiger partial charge in [0.25, 0.3) is 5.91 Å². The lowest BCUT2D eigenvalue weighted by molar-refractivity contribution is 0.0997. The van der Waals surface area contributed by atoms with Crippen LogP contribution in [0.25, 0.3) is 0 Å². The van der Waals surface area contributed by atoms with E-state index in [2.05, 4.69) is 5.32 Å². The summed E-state index contributed by atoms with van der Waals surface area (Å²) in [5.41, 5.74) is 5.56. The van der Waals surface area contributed by atoms with E-state index < -0.39 is 5.91 Å². The molecule has 5 heteroatoms. The van der Waals surface area contributed by atoms with Crippen LogP contribution in [0.4, 0.5) is 5.88 Å². The van der Waals surface area contributed by atoms with Gasteiger partial charge in [-0.2, -0.15) is 0 Å². The maximum Gasteiger partial charge on any atom is 0.253 e. The summed E-state index contributed by atoms with van der Waals surface area (Å²) in [4.78, 5) is 11.6. The lowest BCUT2D eigenvalue weighted by Crippen LogP contribution is -2.10. The largest absolute Gasteiger partial charge is 0.447 e. The van der Waals surface area contributed by atoms with Gasteiger partial charge in [0, 0.05) is 0 Å². The lowest BCUT2D eigenvalue weighted by Gasteiger charge is -1.88. The van der Waals surface area contributed by atoms with Gasteiger partial charge in [0.15, 0.2) is 0 Å². The molecule has 0 spiro atoms. The number of rotatable bonds is 1. The lowest BCUT2D eigenvalue weighted by atomic mass is 10.3. The highest BCUT2D eigenvalue weighted by Gasteiger charge is 2.21. The minimum Gasteiger partial charge on any atom is -0.447 e. The molecule has 1 aromatic heterocycles. The number of amides is 1. The number of nitrogens with one attached hydrogen (secondary N) is 1. The number of primary amides is 1. The number of anilines is 1. The van der Waals surface area contributed by atoms with E-state index in [1.807, 2.05) is 0 Å². The smallest absolute Gasteiger partial charge is 0.253 e. The van der Waals surface area contributed by atoms with Gasteiger partial charge >= 0.3 is 0 Å². The first-order valence-electron chi connectivity index (χ1n) is 3.07. The van der Waals surface area contributed by atoms with Gasteiger partial charge in [-0.05, 0) is 0 Å². The Labute approximate surface area is 67.1 Å². The number of carbonyl (C=O) groups is 1. The highest BCUT2D eigenvalue weighted by molar-refractivity contribution is 8.00. The molecule has 58 valence electrons. The van der Waals surface area contributed by atoms with Gasteiger partial charge in [0.2, 0.25) is 5.88 Å². The Balaban J connectivity index is 2.50. The van der Waals surface area contributed by atoms with Gasteiger partial charge in [-0.25, -0.2) is 0 Å². The fraction of sp³-hybridized carbons (Fsp3) is 0.167. The standard InChI is InChI=1S/C6H6N2O2S/c7-5(9)3-1-10-6-4(3)11-2-8-6/h1,8H,2H2,(H2,7,9). The van der Waals surface area contributed by atoms with Crippen LogP contribution in [0.15, 0.2) is 15.6 Å². The highest BCUT2D eigenvalue weighted by atomic mass is 32.2. The zero-order valence-electron chi connectivity index (χ0n) is 5.59. The minimum absolute atomic E-state index is 0.439.